The summed E-state index contributed by atoms with van der Waals surface area (Å²) >= 11 is 5.94. The molecule has 2 fully saturated rings. The van der Waals surface area contributed by atoms with Gasteiger partial charge in [0.2, 0.25) is 5.91 Å². The van der Waals surface area contributed by atoms with Crippen LogP contribution in [0.2, 0.25) is 5.02 Å². The van der Waals surface area contributed by atoms with E-state index in [1.165, 1.54) is 0 Å². The van der Waals surface area contributed by atoms with Crippen molar-refractivity contribution in [3.05, 3.63) is 34.9 Å². The second-order valence-electron chi connectivity index (χ2n) is 6.50. The number of carbonyl (C=O) groups excluding carboxylic acids is 2. The standard InChI is InChI=1S/C18H20ClN3O2/c19-15-5-3-4-14(12-15)16(23)21-8-10-22(11-9-21)17(24)18(13-20)6-1-2-7-18/h3-5,12H,1-2,6-11H2. The molecule has 24 heavy (non-hydrogen) atoms. The summed E-state index contributed by atoms with van der Waals surface area (Å²) in [5.41, 5.74) is -0.273. The van der Waals surface area contributed by atoms with Crippen LogP contribution in [0.25, 0.3) is 0 Å². The van der Waals surface area contributed by atoms with Crippen LogP contribution in [-0.4, -0.2) is 47.8 Å². The van der Waals surface area contributed by atoms with E-state index in [-0.39, 0.29) is 11.8 Å². The van der Waals surface area contributed by atoms with Crippen molar-refractivity contribution in [1.82, 2.24) is 9.80 Å². The van der Waals surface area contributed by atoms with Crippen LogP contribution in [0.1, 0.15) is 36.0 Å². The summed E-state index contributed by atoms with van der Waals surface area (Å²) in [7, 11) is 0. The van der Waals surface area contributed by atoms with Crippen molar-refractivity contribution >= 4 is 23.4 Å². The fraction of sp³-hybridized carbons (Fsp3) is 0.500. The lowest BCUT2D eigenvalue weighted by molar-refractivity contribution is -0.140. The number of hydrogen-bond donors (Lipinski definition) is 0. The molecule has 0 atom stereocenters. The van der Waals surface area contributed by atoms with Gasteiger partial charge < -0.3 is 9.80 Å². The Balaban J connectivity index is 1.63. The van der Waals surface area contributed by atoms with Gasteiger partial charge in [-0.3, -0.25) is 9.59 Å². The Morgan fingerprint density at radius 1 is 1.08 bits per heavy atom. The maximum atomic E-state index is 12.7. The molecule has 3 rings (SSSR count). The molecule has 0 spiro atoms. The summed E-state index contributed by atoms with van der Waals surface area (Å²) in [6.07, 6.45) is 3.19. The molecule has 0 unspecified atom stereocenters. The van der Waals surface area contributed by atoms with Gasteiger partial charge in [0.05, 0.1) is 6.07 Å². The van der Waals surface area contributed by atoms with Crippen LogP contribution in [-0.2, 0) is 4.79 Å². The largest absolute Gasteiger partial charge is 0.338 e. The van der Waals surface area contributed by atoms with E-state index in [1.807, 2.05) is 0 Å². The maximum absolute atomic E-state index is 12.7. The van der Waals surface area contributed by atoms with Crippen LogP contribution in [0.3, 0.4) is 0 Å². The van der Waals surface area contributed by atoms with Gasteiger partial charge in [0.25, 0.3) is 5.91 Å². The quantitative estimate of drug-likeness (QED) is 0.827. The molecular weight excluding hydrogens is 326 g/mol. The predicted molar refractivity (Wildman–Crippen MR) is 90.4 cm³/mol. The molecule has 1 aliphatic heterocycles. The number of amides is 2. The van der Waals surface area contributed by atoms with E-state index in [1.54, 1.807) is 34.1 Å². The summed E-state index contributed by atoms with van der Waals surface area (Å²) in [6.45, 7) is 1.93. The van der Waals surface area contributed by atoms with Crippen LogP contribution < -0.4 is 0 Å². The van der Waals surface area contributed by atoms with Gasteiger partial charge in [0, 0.05) is 36.8 Å². The first-order chi connectivity index (χ1) is 11.6. The lowest BCUT2D eigenvalue weighted by Crippen LogP contribution is -2.53. The first-order valence-electron chi connectivity index (χ1n) is 8.31. The zero-order valence-electron chi connectivity index (χ0n) is 13.5. The highest BCUT2D eigenvalue weighted by molar-refractivity contribution is 6.30. The van der Waals surface area contributed by atoms with E-state index < -0.39 is 5.41 Å². The third-order valence-electron chi connectivity index (χ3n) is 5.01. The number of benzene rings is 1. The van der Waals surface area contributed by atoms with Crippen LogP contribution in [0.5, 0.6) is 0 Å². The molecule has 0 N–H and O–H groups in total. The summed E-state index contributed by atoms with van der Waals surface area (Å²) < 4.78 is 0. The SMILES string of the molecule is N#CC1(C(=O)N2CCN(C(=O)c3cccc(Cl)c3)CC2)CCCC1. The second-order valence-corrected chi connectivity index (χ2v) is 6.93. The number of carbonyl (C=O) groups is 2. The van der Waals surface area contributed by atoms with Crippen LogP contribution in [0.4, 0.5) is 0 Å². The highest BCUT2D eigenvalue weighted by Crippen LogP contribution is 2.39. The van der Waals surface area contributed by atoms with Crippen molar-refractivity contribution < 1.29 is 9.59 Å². The Kier molecular flexibility index (Phi) is 4.77. The molecular formula is C18H20ClN3O2. The third-order valence-corrected chi connectivity index (χ3v) is 5.24. The molecule has 126 valence electrons. The smallest absolute Gasteiger partial charge is 0.254 e. The molecule has 6 heteroatoms. The minimum atomic E-state index is -0.834. The van der Waals surface area contributed by atoms with Gasteiger partial charge in [-0.15, -0.1) is 0 Å². The van der Waals surface area contributed by atoms with Crippen molar-refractivity contribution in [2.75, 3.05) is 26.2 Å². The predicted octanol–water partition coefficient (Wildman–Crippen LogP) is 2.71. The Labute approximate surface area is 146 Å². The Morgan fingerprint density at radius 3 is 2.29 bits per heavy atom. The summed E-state index contributed by atoms with van der Waals surface area (Å²) in [6, 6.07) is 9.15. The summed E-state index contributed by atoms with van der Waals surface area (Å²) in [5, 5.41) is 9.99. The molecule has 1 heterocycles. The number of hydrogen-bond acceptors (Lipinski definition) is 3. The summed E-state index contributed by atoms with van der Waals surface area (Å²) in [4.78, 5) is 28.7. The molecule has 2 amide bonds. The first kappa shape index (κ1) is 16.8. The van der Waals surface area contributed by atoms with Crippen molar-refractivity contribution in [1.29, 1.82) is 5.26 Å². The average molecular weight is 346 g/mol. The molecule has 2 aliphatic rings. The van der Waals surface area contributed by atoms with Crippen LogP contribution >= 0.6 is 11.6 Å². The monoisotopic (exact) mass is 345 g/mol. The van der Waals surface area contributed by atoms with E-state index >= 15 is 0 Å². The first-order valence-corrected chi connectivity index (χ1v) is 8.69. The Bertz CT molecular complexity index is 684. The van der Waals surface area contributed by atoms with Gasteiger partial charge >= 0.3 is 0 Å². The van der Waals surface area contributed by atoms with E-state index in [0.29, 0.717) is 49.6 Å². The molecule has 1 aromatic carbocycles. The molecule has 0 aromatic heterocycles. The van der Waals surface area contributed by atoms with Gasteiger partial charge in [-0.05, 0) is 31.0 Å². The van der Waals surface area contributed by atoms with Gasteiger partial charge in [-0.1, -0.05) is 30.5 Å². The van der Waals surface area contributed by atoms with Crippen molar-refractivity contribution in [3.8, 4) is 6.07 Å². The minimum Gasteiger partial charge on any atom is -0.338 e. The topological polar surface area (TPSA) is 64.4 Å². The molecule has 5 nitrogen and oxygen atoms in total. The lowest BCUT2D eigenvalue weighted by atomic mass is 9.86. The van der Waals surface area contributed by atoms with E-state index in [0.717, 1.165) is 12.8 Å². The van der Waals surface area contributed by atoms with Crippen molar-refractivity contribution in [3.63, 3.8) is 0 Å². The van der Waals surface area contributed by atoms with E-state index in [4.69, 9.17) is 11.6 Å². The number of nitriles is 1. The highest BCUT2D eigenvalue weighted by atomic mass is 35.5. The molecule has 1 aliphatic carbocycles. The van der Waals surface area contributed by atoms with Crippen LogP contribution in [0, 0.1) is 16.7 Å². The highest BCUT2D eigenvalue weighted by Gasteiger charge is 2.44. The zero-order valence-corrected chi connectivity index (χ0v) is 14.3. The number of piperazine rings is 1. The molecule has 0 bridgehead atoms. The van der Waals surface area contributed by atoms with E-state index in [2.05, 4.69) is 6.07 Å². The number of rotatable bonds is 2. The number of nitrogens with zero attached hydrogens (tertiary/aromatic N) is 3. The fourth-order valence-electron chi connectivity index (χ4n) is 3.57. The molecule has 0 radical (unpaired) electrons. The van der Waals surface area contributed by atoms with Crippen LogP contribution in [0.15, 0.2) is 24.3 Å². The molecule has 1 saturated carbocycles. The van der Waals surface area contributed by atoms with Gasteiger partial charge in [0.1, 0.15) is 5.41 Å². The minimum absolute atomic E-state index is 0.0580. The normalized spacial score (nSPS) is 19.8. The molecule has 1 saturated heterocycles. The van der Waals surface area contributed by atoms with Gasteiger partial charge in [0.15, 0.2) is 0 Å². The second kappa shape index (κ2) is 6.82. The Hall–Kier alpha value is -2.06. The van der Waals surface area contributed by atoms with Gasteiger partial charge in [-0.2, -0.15) is 5.26 Å². The lowest BCUT2D eigenvalue weighted by Gasteiger charge is -2.37. The fourth-order valence-corrected chi connectivity index (χ4v) is 3.76. The molecule has 1 aromatic rings. The Morgan fingerprint density at radius 2 is 1.71 bits per heavy atom. The average Bonchev–Trinajstić information content (AvgIpc) is 3.11. The number of halogens is 1. The van der Waals surface area contributed by atoms with Gasteiger partial charge in [-0.25, -0.2) is 0 Å². The zero-order chi connectivity index (χ0) is 17.2. The summed E-state index contributed by atoms with van der Waals surface area (Å²) in [5.74, 6) is -0.127. The third kappa shape index (κ3) is 3.11. The maximum Gasteiger partial charge on any atom is 0.254 e. The van der Waals surface area contributed by atoms with Crippen molar-refractivity contribution in [2.24, 2.45) is 5.41 Å². The van der Waals surface area contributed by atoms with Crippen molar-refractivity contribution in [2.45, 2.75) is 25.7 Å². The van der Waals surface area contributed by atoms with E-state index in [9.17, 15) is 14.9 Å².